The molecule has 1 amide bonds. The van der Waals surface area contributed by atoms with Gasteiger partial charge < -0.3 is 15.4 Å². The molecule has 2 rings (SSSR count). The van der Waals surface area contributed by atoms with Crippen LogP contribution in [-0.4, -0.2) is 30.5 Å². The van der Waals surface area contributed by atoms with E-state index >= 15 is 0 Å². The molecule has 1 aromatic rings. The summed E-state index contributed by atoms with van der Waals surface area (Å²) in [5.41, 5.74) is 7.23. The summed E-state index contributed by atoms with van der Waals surface area (Å²) in [6, 6.07) is 7.81. The van der Waals surface area contributed by atoms with Crippen molar-refractivity contribution in [3.63, 3.8) is 0 Å². The SMILES string of the molecule is CCCC[C@H](N)C(=O)N1CCCC1c1ccc(OC)cc1. The summed E-state index contributed by atoms with van der Waals surface area (Å²) >= 11 is 0. The summed E-state index contributed by atoms with van der Waals surface area (Å²) in [6.45, 7) is 2.93. The predicted octanol–water partition coefficient (Wildman–Crippen LogP) is 2.88. The molecular formula is C17H26N2O2. The van der Waals surface area contributed by atoms with Crippen molar-refractivity contribution in [3.05, 3.63) is 29.8 Å². The number of nitrogens with zero attached hydrogens (tertiary/aromatic N) is 1. The van der Waals surface area contributed by atoms with Gasteiger partial charge in [-0.05, 0) is 37.0 Å². The second-order valence-electron chi connectivity index (χ2n) is 5.71. The van der Waals surface area contributed by atoms with Gasteiger partial charge in [-0.2, -0.15) is 0 Å². The van der Waals surface area contributed by atoms with Crippen molar-refractivity contribution in [1.29, 1.82) is 0 Å². The molecule has 0 radical (unpaired) electrons. The Kier molecular flexibility index (Phi) is 5.62. The van der Waals surface area contributed by atoms with Gasteiger partial charge in [0.25, 0.3) is 0 Å². The van der Waals surface area contributed by atoms with Gasteiger partial charge in [0, 0.05) is 6.54 Å². The lowest BCUT2D eigenvalue weighted by molar-refractivity contribution is -0.133. The van der Waals surface area contributed by atoms with Crippen LogP contribution in [0.1, 0.15) is 50.6 Å². The Morgan fingerprint density at radius 2 is 2.14 bits per heavy atom. The molecule has 1 unspecified atom stereocenters. The number of ether oxygens (including phenoxy) is 1. The second kappa shape index (κ2) is 7.46. The van der Waals surface area contributed by atoms with Crippen LogP contribution in [-0.2, 0) is 4.79 Å². The minimum atomic E-state index is -0.358. The average molecular weight is 290 g/mol. The Bertz CT molecular complexity index is 458. The molecule has 1 heterocycles. The number of benzene rings is 1. The summed E-state index contributed by atoms with van der Waals surface area (Å²) in [7, 11) is 1.66. The van der Waals surface area contributed by atoms with Crippen LogP contribution in [0.4, 0.5) is 0 Å². The summed E-state index contributed by atoms with van der Waals surface area (Å²) in [5, 5.41) is 0. The van der Waals surface area contributed by atoms with Crippen molar-refractivity contribution in [1.82, 2.24) is 4.90 Å². The Morgan fingerprint density at radius 1 is 1.43 bits per heavy atom. The van der Waals surface area contributed by atoms with E-state index in [1.54, 1.807) is 7.11 Å². The van der Waals surface area contributed by atoms with E-state index in [1.807, 2.05) is 29.2 Å². The van der Waals surface area contributed by atoms with Crippen LogP contribution in [0.25, 0.3) is 0 Å². The highest BCUT2D eigenvalue weighted by Crippen LogP contribution is 2.33. The van der Waals surface area contributed by atoms with Gasteiger partial charge in [-0.15, -0.1) is 0 Å². The van der Waals surface area contributed by atoms with E-state index in [2.05, 4.69) is 6.92 Å². The quantitative estimate of drug-likeness (QED) is 0.876. The number of likely N-dealkylation sites (tertiary alicyclic amines) is 1. The highest BCUT2D eigenvalue weighted by molar-refractivity contribution is 5.82. The molecule has 1 fully saturated rings. The fourth-order valence-corrected chi connectivity index (χ4v) is 2.96. The maximum Gasteiger partial charge on any atom is 0.239 e. The van der Waals surface area contributed by atoms with Crippen molar-refractivity contribution >= 4 is 5.91 Å². The molecule has 116 valence electrons. The van der Waals surface area contributed by atoms with Gasteiger partial charge in [-0.1, -0.05) is 31.9 Å². The minimum Gasteiger partial charge on any atom is -0.497 e. The molecule has 4 heteroatoms. The molecule has 0 saturated carbocycles. The van der Waals surface area contributed by atoms with Crippen LogP contribution < -0.4 is 10.5 Å². The minimum absolute atomic E-state index is 0.0989. The molecule has 0 spiro atoms. The zero-order valence-corrected chi connectivity index (χ0v) is 13.0. The first-order chi connectivity index (χ1) is 10.2. The summed E-state index contributed by atoms with van der Waals surface area (Å²) < 4.78 is 5.19. The smallest absolute Gasteiger partial charge is 0.239 e. The van der Waals surface area contributed by atoms with E-state index in [4.69, 9.17) is 10.5 Å². The van der Waals surface area contributed by atoms with Crippen LogP contribution in [0.15, 0.2) is 24.3 Å². The first kappa shape index (κ1) is 15.8. The molecule has 1 aliphatic rings. The maximum absolute atomic E-state index is 12.5. The van der Waals surface area contributed by atoms with Crippen LogP contribution in [0.3, 0.4) is 0 Å². The van der Waals surface area contributed by atoms with Gasteiger partial charge in [-0.25, -0.2) is 0 Å². The molecule has 0 aliphatic carbocycles. The van der Waals surface area contributed by atoms with Gasteiger partial charge in [-0.3, -0.25) is 4.79 Å². The molecule has 4 nitrogen and oxygen atoms in total. The number of amides is 1. The number of hydrogen-bond donors (Lipinski definition) is 1. The van der Waals surface area contributed by atoms with Crippen molar-refractivity contribution in [2.75, 3.05) is 13.7 Å². The molecule has 1 saturated heterocycles. The van der Waals surface area contributed by atoms with Gasteiger partial charge in [0.1, 0.15) is 5.75 Å². The number of unbranched alkanes of at least 4 members (excludes halogenated alkanes) is 1. The Hall–Kier alpha value is -1.55. The van der Waals surface area contributed by atoms with Crippen LogP contribution in [0.2, 0.25) is 0 Å². The normalized spacial score (nSPS) is 19.6. The Labute approximate surface area is 127 Å². The van der Waals surface area contributed by atoms with E-state index in [0.29, 0.717) is 0 Å². The molecular weight excluding hydrogens is 264 g/mol. The van der Waals surface area contributed by atoms with E-state index < -0.39 is 0 Å². The molecule has 1 aliphatic heterocycles. The number of hydrogen-bond acceptors (Lipinski definition) is 3. The molecule has 1 aromatic carbocycles. The highest BCUT2D eigenvalue weighted by atomic mass is 16.5. The highest BCUT2D eigenvalue weighted by Gasteiger charge is 2.32. The first-order valence-corrected chi connectivity index (χ1v) is 7.87. The molecule has 2 N–H and O–H groups in total. The lowest BCUT2D eigenvalue weighted by Gasteiger charge is -2.28. The topological polar surface area (TPSA) is 55.6 Å². The van der Waals surface area contributed by atoms with Gasteiger partial charge in [0.15, 0.2) is 0 Å². The number of methoxy groups -OCH3 is 1. The third-order valence-corrected chi connectivity index (χ3v) is 4.22. The molecule has 21 heavy (non-hydrogen) atoms. The second-order valence-corrected chi connectivity index (χ2v) is 5.71. The van der Waals surface area contributed by atoms with Gasteiger partial charge in [0.2, 0.25) is 5.91 Å². The fraction of sp³-hybridized carbons (Fsp3) is 0.588. The maximum atomic E-state index is 12.5. The zero-order valence-electron chi connectivity index (χ0n) is 13.0. The monoisotopic (exact) mass is 290 g/mol. The molecule has 2 atom stereocenters. The Morgan fingerprint density at radius 3 is 2.76 bits per heavy atom. The van der Waals surface area contributed by atoms with Gasteiger partial charge in [0.05, 0.1) is 19.2 Å². The predicted molar refractivity (Wildman–Crippen MR) is 84.2 cm³/mol. The number of carbonyl (C=O) groups is 1. The molecule has 0 bridgehead atoms. The average Bonchev–Trinajstić information content (AvgIpc) is 3.01. The standard InChI is InChI=1S/C17H26N2O2/c1-3-4-6-15(18)17(20)19-12-5-7-16(19)13-8-10-14(21-2)11-9-13/h8-11,15-16H,3-7,12,18H2,1-2H3/t15-,16?/m0/s1. The Balaban J connectivity index is 2.06. The number of carbonyl (C=O) groups excluding carboxylic acids is 1. The largest absolute Gasteiger partial charge is 0.497 e. The number of nitrogens with two attached hydrogens (primary N) is 1. The molecule has 0 aromatic heterocycles. The third-order valence-electron chi connectivity index (χ3n) is 4.22. The van der Waals surface area contributed by atoms with E-state index in [0.717, 1.165) is 44.4 Å². The summed E-state index contributed by atoms with van der Waals surface area (Å²) in [6.07, 6.45) is 4.92. The lowest BCUT2D eigenvalue weighted by Crippen LogP contribution is -2.43. The summed E-state index contributed by atoms with van der Waals surface area (Å²) in [5.74, 6) is 0.941. The van der Waals surface area contributed by atoms with Crippen molar-refractivity contribution in [2.45, 2.75) is 51.1 Å². The summed E-state index contributed by atoms with van der Waals surface area (Å²) in [4.78, 5) is 14.5. The van der Waals surface area contributed by atoms with Crippen molar-refractivity contribution in [2.24, 2.45) is 5.73 Å². The first-order valence-electron chi connectivity index (χ1n) is 7.87. The lowest BCUT2D eigenvalue weighted by atomic mass is 10.0. The van der Waals surface area contributed by atoms with E-state index in [1.165, 1.54) is 5.56 Å². The third kappa shape index (κ3) is 3.76. The van der Waals surface area contributed by atoms with Crippen molar-refractivity contribution < 1.29 is 9.53 Å². The van der Waals surface area contributed by atoms with E-state index in [9.17, 15) is 4.79 Å². The van der Waals surface area contributed by atoms with Gasteiger partial charge >= 0.3 is 0 Å². The van der Waals surface area contributed by atoms with Crippen LogP contribution in [0.5, 0.6) is 5.75 Å². The van der Waals surface area contributed by atoms with Crippen LogP contribution >= 0.6 is 0 Å². The zero-order chi connectivity index (χ0) is 15.2. The number of rotatable bonds is 6. The van der Waals surface area contributed by atoms with E-state index in [-0.39, 0.29) is 18.0 Å². The fourth-order valence-electron chi connectivity index (χ4n) is 2.96. The van der Waals surface area contributed by atoms with Crippen molar-refractivity contribution in [3.8, 4) is 5.75 Å². The van der Waals surface area contributed by atoms with Crippen LogP contribution in [0, 0.1) is 0 Å².